The van der Waals surface area contributed by atoms with Crippen LogP contribution < -0.4 is 0 Å². The average Bonchev–Trinajstić information content (AvgIpc) is 2.12. The van der Waals surface area contributed by atoms with Crippen molar-refractivity contribution in [2.75, 3.05) is 0 Å². The molecule has 1 heterocycles. The summed E-state index contributed by atoms with van der Waals surface area (Å²) in [6, 6.07) is 0. The van der Waals surface area contributed by atoms with Crippen LogP contribution in [0.3, 0.4) is 0 Å². The maximum Gasteiger partial charge on any atom is 0.460 e. The van der Waals surface area contributed by atoms with Gasteiger partial charge in [-0.25, -0.2) is 0 Å². The highest BCUT2D eigenvalue weighted by molar-refractivity contribution is 5.93. The Kier molecular flexibility index (Phi) is 3.24. The second-order valence-corrected chi connectivity index (χ2v) is 3.72. The SMILES string of the molecule is CC1(C(F)(F)C(F)(F)C(F)(F)F)OC(=O)CC(=O)O1. The average molecular weight is 298 g/mol. The van der Waals surface area contributed by atoms with Crippen LogP contribution in [0.1, 0.15) is 13.3 Å². The lowest BCUT2D eigenvalue weighted by atomic mass is 10.0. The van der Waals surface area contributed by atoms with Gasteiger partial charge in [0.2, 0.25) is 0 Å². The van der Waals surface area contributed by atoms with E-state index >= 15 is 0 Å². The van der Waals surface area contributed by atoms with Gasteiger partial charge in [0.05, 0.1) is 0 Å². The van der Waals surface area contributed by atoms with E-state index in [4.69, 9.17) is 0 Å². The van der Waals surface area contributed by atoms with Crippen molar-refractivity contribution in [3.05, 3.63) is 0 Å². The second kappa shape index (κ2) is 3.97. The fourth-order valence-electron chi connectivity index (χ4n) is 1.24. The van der Waals surface area contributed by atoms with Crippen molar-refractivity contribution in [1.29, 1.82) is 0 Å². The number of cyclic esters (lactones) is 2. The molecule has 0 aliphatic carbocycles. The molecule has 0 aromatic carbocycles. The number of carbonyl (C=O) groups excluding carboxylic acids is 2. The minimum absolute atomic E-state index is 0.0540. The summed E-state index contributed by atoms with van der Waals surface area (Å²) < 4.78 is 95.2. The first-order valence-electron chi connectivity index (χ1n) is 4.50. The molecule has 1 aliphatic heterocycles. The molecule has 1 aliphatic rings. The second-order valence-electron chi connectivity index (χ2n) is 3.72. The summed E-state index contributed by atoms with van der Waals surface area (Å²) in [6.45, 7) is -0.0540. The van der Waals surface area contributed by atoms with Crippen molar-refractivity contribution in [1.82, 2.24) is 0 Å². The topological polar surface area (TPSA) is 52.6 Å². The molecule has 0 N–H and O–H groups in total. The summed E-state index contributed by atoms with van der Waals surface area (Å²) in [4.78, 5) is 21.5. The zero-order chi connectivity index (χ0) is 15.3. The van der Waals surface area contributed by atoms with Crippen molar-refractivity contribution < 1.29 is 49.8 Å². The fraction of sp³-hybridized carbons (Fsp3) is 0.750. The number of carbonyl (C=O) groups is 2. The monoisotopic (exact) mass is 298 g/mol. The number of hydrogen-bond donors (Lipinski definition) is 0. The largest absolute Gasteiger partial charge is 0.460 e. The number of esters is 2. The molecule has 0 amide bonds. The number of hydrogen-bond acceptors (Lipinski definition) is 4. The number of ether oxygens (including phenoxy) is 2. The van der Waals surface area contributed by atoms with Gasteiger partial charge in [0.1, 0.15) is 6.42 Å². The molecule has 0 aromatic rings. The number of rotatable bonds is 2. The van der Waals surface area contributed by atoms with E-state index in [1.165, 1.54) is 0 Å². The van der Waals surface area contributed by atoms with E-state index in [1.807, 2.05) is 0 Å². The summed E-state index contributed by atoms with van der Waals surface area (Å²) in [5, 5.41) is 0. The van der Waals surface area contributed by atoms with E-state index in [2.05, 4.69) is 9.47 Å². The first-order chi connectivity index (χ1) is 8.24. The van der Waals surface area contributed by atoms with E-state index in [9.17, 15) is 40.3 Å². The lowest BCUT2D eigenvalue weighted by Gasteiger charge is -2.41. The Hall–Kier alpha value is -1.55. The van der Waals surface area contributed by atoms with Crippen LogP contribution in [-0.4, -0.2) is 35.7 Å². The van der Waals surface area contributed by atoms with Crippen molar-refractivity contribution in [3.63, 3.8) is 0 Å². The molecule has 1 rings (SSSR count). The Balaban J connectivity index is 3.25. The summed E-state index contributed by atoms with van der Waals surface area (Å²) in [5.41, 5.74) is 0. The summed E-state index contributed by atoms with van der Waals surface area (Å²) in [5.74, 6) is -20.0. The van der Waals surface area contributed by atoms with Gasteiger partial charge in [0.15, 0.2) is 0 Å². The van der Waals surface area contributed by atoms with Gasteiger partial charge in [-0.3, -0.25) is 9.59 Å². The Bertz CT molecular complexity index is 398. The van der Waals surface area contributed by atoms with Crippen LogP contribution in [0.5, 0.6) is 0 Å². The molecule has 1 saturated heterocycles. The molecule has 110 valence electrons. The predicted octanol–water partition coefficient (Wildman–Crippen LogP) is 2.03. The number of halogens is 7. The van der Waals surface area contributed by atoms with Crippen molar-refractivity contribution in [2.45, 2.75) is 37.2 Å². The molecule has 0 bridgehead atoms. The highest BCUT2D eigenvalue weighted by Gasteiger charge is 2.82. The van der Waals surface area contributed by atoms with Crippen LogP contribution in [0.4, 0.5) is 30.7 Å². The van der Waals surface area contributed by atoms with Crippen molar-refractivity contribution in [3.8, 4) is 0 Å². The Labute approximate surface area is 100.0 Å². The van der Waals surface area contributed by atoms with Gasteiger partial charge in [-0.15, -0.1) is 0 Å². The summed E-state index contributed by atoms with van der Waals surface area (Å²) in [7, 11) is 0. The van der Waals surface area contributed by atoms with Crippen LogP contribution in [0.2, 0.25) is 0 Å². The minimum atomic E-state index is -6.63. The molecule has 4 nitrogen and oxygen atoms in total. The molecule has 0 atom stereocenters. The van der Waals surface area contributed by atoms with Crippen LogP contribution in [0, 0.1) is 0 Å². The molecule has 0 spiro atoms. The summed E-state index contributed by atoms with van der Waals surface area (Å²) in [6.07, 6.45) is -7.79. The lowest BCUT2D eigenvalue weighted by Crippen LogP contribution is -2.67. The molecular formula is C8H5F7O4. The van der Waals surface area contributed by atoms with Gasteiger partial charge in [-0.2, -0.15) is 30.7 Å². The molecule has 0 unspecified atom stereocenters. The predicted molar refractivity (Wildman–Crippen MR) is 41.2 cm³/mol. The lowest BCUT2D eigenvalue weighted by molar-refractivity contribution is -0.420. The third-order valence-electron chi connectivity index (χ3n) is 2.23. The van der Waals surface area contributed by atoms with Gasteiger partial charge in [-0.1, -0.05) is 0 Å². The summed E-state index contributed by atoms with van der Waals surface area (Å²) >= 11 is 0. The standard InChI is InChI=1S/C8H5F7O4/c1-5(18-3(16)2-4(17)19-5)6(9,10)7(11,12)8(13,14)15/h2H2,1H3. The van der Waals surface area contributed by atoms with E-state index in [0.29, 0.717) is 0 Å². The third-order valence-corrected chi connectivity index (χ3v) is 2.23. The Morgan fingerprint density at radius 3 is 1.63 bits per heavy atom. The molecule has 0 aromatic heterocycles. The van der Waals surface area contributed by atoms with Crippen LogP contribution >= 0.6 is 0 Å². The zero-order valence-electron chi connectivity index (χ0n) is 8.99. The maximum atomic E-state index is 13.3. The smallest absolute Gasteiger partial charge is 0.416 e. The minimum Gasteiger partial charge on any atom is -0.416 e. The van der Waals surface area contributed by atoms with Crippen molar-refractivity contribution >= 4 is 11.9 Å². The molecule has 0 saturated carbocycles. The van der Waals surface area contributed by atoms with E-state index in [-0.39, 0.29) is 6.92 Å². The molecule has 11 heteroatoms. The van der Waals surface area contributed by atoms with E-state index < -0.39 is 42.2 Å². The fourth-order valence-corrected chi connectivity index (χ4v) is 1.24. The van der Waals surface area contributed by atoms with Gasteiger partial charge < -0.3 is 9.47 Å². The van der Waals surface area contributed by atoms with Gasteiger partial charge in [0, 0.05) is 6.92 Å². The van der Waals surface area contributed by atoms with Crippen LogP contribution in [-0.2, 0) is 19.1 Å². The number of alkyl halides is 7. The molecular weight excluding hydrogens is 293 g/mol. The first-order valence-corrected chi connectivity index (χ1v) is 4.50. The van der Waals surface area contributed by atoms with Crippen LogP contribution in [0.15, 0.2) is 0 Å². The highest BCUT2D eigenvalue weighted by Crippen LogP contribution is 2.53. The zero-order valence-corrected chi connectivity index (χ0v) is 8.99. The third kappa shape index (κ3) is 2.21. The Morgan fingerprint density at radius 1 is 0.947 bits per heavy atom. The first kappa shape index (κ1) is 15.5. The van der Waals surface area contributed by atoms with Crippen LogP contribution in [0.25, 0.3) is 0 Å². The van der Waals surface area contributed by atoms with Gasteiger partial charge in [0.25, 0.3) is 0 Å². The molecule has 0 radical (unpaired) electrons. The van der Waals surface area contributed by atoms with Gasteiger partial charge in [-0.05, 0) is 0 Å². The highest BCUT2D eigenvalue weighted by atomic mass is 19.4. The van der Waals surface area contributed by atoms with Crippen molar-refractivity contribution in [2.24, 2.45) is 0 Å². The van der Waals surface area contributed by atoms with Gasteiger partial charge >= 0.3 is 35.7 Å². The molecule has 1 fully saturated rings. The Morgan fingerprint density at radius 2 is 1.32 bits per heavy atom. The van der Waals surface area contributed by atoms with E-state index in [1.54, 1.807) is 0 Å². The quantitative estimate of drug-likeness (QED) is 0.445. The maximum absolute atomic E-state index is 13.3. The normalized spacial score (nSPS) is 20.8. The molecule has 19 heavy (non-hydrogen) atoms. The van der Waals surface area contributed by atoms with E-state index in [0.717, 1.165) is 0 Å².